The van der Waals surface area contributed by atoms with Crippen molar-refractivity contribution in [1.29, 1.82) is 0 Å². The largest absolute Gasteiger partial charge is 0.389 e. The van der Waals surface area contributed by atoms with Gasteiger partial charge in [0.15, 0.2) is 0 Å². The van der Waals surface area contributed by atoms with Crippen LogP contribution in [0, 0.1) is 34.5 Å². The second kappa shape index (κ2) is 6.10. The summed E-state index contributed by atoms with van der Waals surface area (Å²) in [6, 6.07) is 0. The van der Waals surface area contributed by atoms with E-state index in [0.717, 1.165) is 24.2 Å². The molecule has 0 spiro atoms. The minimum atomic E-state index is -0.216. The lowest BCUT2D eigenvalue weighted by Crippen LogP contribution is -2.53. The predicted octanol–water partition coefficient (Wildman–Crippen LogP) is 4.16. The standard InChI is InChI=1S/C21H34O3/c1-20-10-8-15(22)12-14(20)4-5-16-17-6-7-19(24-13-23-3)21(17,2)11-9-18(16)20/h8,10,14-19,22H,4-7,9,11-13H2,1-3H3/t14-,15?,16-,17-,18-,19-,20-,21-/m0/s1. The molecule has 4 aliphatic rings. The van der Waals surface area contributed by atoms with Gasteiger partial charge in [0, 0.05) is 7.11 Å². The Kier molecular flexibility index (Phi) is 4.34. The first-order valence-electron chi connectivity index (χ1n) is 9.97. The van der Waals surface area contributed by atoms with E-state index in [1.807, 2.05) is 0 Å². The van der Waals surface area contributed by atoms with Gasteiger partial charge in [-0.1, -0.05) is 26.0 Å². The molecule has 3 nitrogen and oxygen atoms in total. The Bertz CT molecular complexity index is 503. The molecule has 0 amide bonds. The smallest absolute Gasteiger partial charge is 0.146 e. The zero-order chi connectivity index (χ0) is 16.9. The zero-order valence-corrected chi connectivity index (χ0v) is 15.5. The van der Waals surface area contributed by atoms with Gasteiger partial charge in [0.1, 0.15) is 6.79 Å². The highest BCUT2D eigenvalue weighted by atomic mass is 16.7. The molecule has 0 aliphatic heterocycles. The monoisotopic (exact) mass is 334 g/mol. The fourth-order valence-corrected chi connectivity index (χ4v) is 7.17. The summed E-state index contributed by atoms with van der Waals surface area (Å²) in [6.07, 6.45) is 13.3. The lowest BCUT2D eigenvalue weighted by Gasteiger charge is -2.59. The molecule has 3 heteroatoms. The zero-order valence-electron chi connectivity index (χ0n) is 15.5. The molecule has 0 saturated heterocycles. The number of ether oxygens (including phenoxy) is 2. The van der Waals surface area contributed by atoms with Crippen LogP contribution < -0.4 is 0 Å². The van der Waals surface area contributed by atoms with Crippen LogP contribution >= 0.6 is 0 Å². The first-order chi connectivity index (χ1) is 11.5. The molecule has 0 bridgehead atoms. The van der Waals surface area contributed by atoms with Gasteiger partial charge < -0.3 is 14.6 Å². The third-order valence-electron chi connectivity index (χ3n) is 8.47. The van der Waals surface area contributed by atoms with Crippen molar-refractivity contribution in [3.05, 3.63) is 12.2 Å². The number of methoxy groups -OCH3 is 1. The molecule has 0 heterocycles. The fraction of sp³-hybridized carbons (Fsp3) is 0.905. The summed E-state index contributed by atoms with van der Waals surface area (Å²) in [4.78, 5) is 0. The molecule has 3 saturated carbocycles. The minimum absolute atomic E-state index is 0.216. The van der Waals surface area contributed by atoms with Crippen LogP contribution in [0.15, 0.2) is 12.2 Å². The molecule has 3 fully saturated rings. The molecule has 0 radical (unpaired) electrons. The SMILES string of the molecule is COCO[C@H]1CC[C@H]2[C@@H]3CC[C@H]4CC(O)C=C[C@]4(C)[C@H]3CC[C@]12C. The van der Waals surface area contributed by atoms with Crippen molar-refractivity contribution in [1.82, 2.24) is 0 Å². The van der Waals surface area contributed by atoms with E-state index in [0.29, 0.717) is 29.6 Å². The lowest BCUT2D eigenvalue weighted by atomic mass is 9.46. The van der Waals surface area contributed by atoms with Gasteiger partial charge in [-0.05, 0) is 79.4 Å². The maximum atomic E-state index is 10.1. The van der Waals surface area contributed by atoms with Crippen LogP contribution in [0.2, 0.25) is 0 Å². The number of aliphatic hydroxyl groups excluding tert-OH is 1. The molecule has 4 rings (SSSR count). The summed E-state index contributed by atoms with van der Waals surface area (Å²) in [5.74, 6) is 3.10. The van der Waals surface area contributed by atoms with E-state index in [2.05, 4.69) is 26.0 Å². The van der Waals surface area contributed by atoms with E-state index in [-0.39, 0.29) is 6.10 Å². The van der Waals surface area contributed by atoms with Crippen molar-refractivity contribution in [2.75, 3.05) is 13.9 Å². The third kappa shape index (κ3) is 2.42. The third-order valence-corrected chi connectivity index (χ3v) is 8.47. The van der Waals surface area contributed by atoms with Gasteiger partial charge >= 0.3 is 0 Å². The first kappa shape index (κ1) is 17.1. The summed E-state index contributed by atoms with van der Waals surface area (Å²) in [5.41, 5.74) is 0.635. The number of hydrogen-bond acceptors (Lipinski definition) is 3. The van der Waals surface area contributed by atoms with Gasteiger partial charge in [0.2, 0.25) is 0 Å². The molecule has 24 heavy (non-hydrogen) atoms. The predicted molar refractivity (Wildman–Crippen MR) is 94.4 cm³/mol. The highest BCUT2D eigenvalue weighted by molar-refractivity contribution is 5.17. The molecule has 136 valence electrons. The van der Waals surface area contributed by atoms with Gasteiger partial charge in [-0.3, -0.25) is 0 Å². The Hall–Kier alpha value is -0.380. The molecule has 0 aromatic carbocycles. The normalized spacial score (nSPS) is 53.3. The van der Waals surface area contributed by atoms with Crippen LogP contribution in [0.1, 0.15) is 58.8 Å². The molecule has 0 aromatic rings. The second-order valence-electron chi connectivity index (χ2n) is 9.36. The average molecular weight is 335 g/mol. The van der Waals surface area contributed by atoms with E-state index in [9.17, 15) is 5.11 Å². The van der Waals surface area contributed by atoms with Gasteiger partial charge in [-0.25, -0.2) is 0 Å². The Morgan fingerprint density at radius 1 is 1.08 bits per heavy atom. The summed E-state index contributed by atoms with van der Waals surface area (Å²) in [7, 11) is 1.72. The summed E-state index contributed by atoms with van der Waals surface area (Å²) >= 11 is 0. The molecular formula is C21H34O3. The van der Waals surface area contributed by atoms with Crippen molar-refractivity contribution in [2.24, 2.45) is 34.5 Å². The Morgan fingerprint density at radius 3 is 2.71 bits per heavy atom. The van der Waals surface area contributed by atoms with Gasteiger partial charge in [0.05, 0.1) is 12.2 Å². The molecule has 1 N–H and O–H groups in total. The highest BCUT2D eigenvalue weighted by Crippen LogP contribution is 2.65. The van der Waals surface area contributed by atoms with Crippen LogP contribution in [0.3, 0.4) is 0 Å². The summed E-state index contributed by atoms with van der Waals surface area (Å²) in [6.45, 7) is 5.39. The maximum absolute atomic E-state index is 10.1. The number of rotatable bonds is 3. The van der Waals surface area contributed by atoms with Gasteiger partial charge in [-0.15, -0.1) is 0 Å². The van der Waals surface area contributed by atoms with Crippen molar-refractivity contribution in [2.45, 2.75) is 71.0 Å². The average Bonchev–Trinajstić information content (AvgIpc) is 2.90. The van der Waals surface area contributed by atoms with Crippen molar-refractivity contribution >= 4 is 0 Å². The molecule has 8 atom stereocenters. The maximum Gasteiger partial charge on any atom is 0.146 e. The van der Waals surface area contributed by atoms with Gasteiger partial charge in [-0.2, -0.15) is 0 Å². The number of aliphatic hydroxyl groups is 1. The quantitative estimate of drug-likeness (QED) is 0.622. The van der Waals surface area contributed by atoms with E-state index in [4.69, 9.17) is 9.47 Å². The topological polar surface area (TPSA) is 38.7 Å². The Labute approximate surface area is 146 Å². The summed E-state index contributed by atoms with van der Waals surface area (Å²) in [5, 5.41) is 10.1. The summed E-state index contributed by atoms with van der Waals surface area (Å²) < 4.78 is 11.3. The van der Waals surface area contributed by atoms with E-state index in [1.165, 1.54) is 38.5 Å². The number of allylic oxidation sites excluding steroid dienone is 1. The first-order valence-corrected chi connectivity index (χ1v) is 9.97. The second-order valence-corrected chi connectivity index (χ2v) is 9.36. The van der Waals surface area contributed by atoms with Crippen LogP contribution in [0.5, 0.6) is 0 Å². The van der Waals surface area contributed by atoms with Crippen molar-refractivity contribution in [3.8, 4) is 0 Å². The van der Waals surface area contributed by atoms with Crippen LogP contribution in [-0.4, -0.2) is 31.2 Å². The van der Waals surface area contributed by atoms with E-state index >= 15 is 0 Å². The Balaban J connectivity index is 1.57. The Morgan fingerprint density at radius 2 is 1.92 bits per heavy atom. The molecule has 0 aromatic heterocycles. The van der Waals surface area contributed by atoms with Crippen molar-refractivity contribution < 1.29 is 14.6 Å². The number of fused-ring (bicyclic) bond motifs is 5. The number of hydrogen-bond donors (Lipinski definition) is 1. The highest BCUT2D eigenvalue weighted by Gasteiger charge is 2.59. The fourth-order valence-electron chi connectivity index (χ4n) is 7.17. The molecule has 4 aliphatic carbocycles. The molecule has 1 unspecified atom stereocenters. The lowest BCUT2D eigenvalue weighted by molar-refractivity contribution is -0.144. The molecular weight excluding hydrogens is 300 g/mol. The van der Waals surface area contributed by atoms with Crippen LogP contribution in [0.25, 0.3) is 0 Å². The minimum Gasteiger partial charge on any atom is -0.389 e. The van der Waals surface area contributed by atoms with Crippen molar-refractivity contribution in [3.63, 3.8) is 0 Å². The van der Waals surface area contributed by atoms with Crippen LogP contribution in [-0.2, 0) is 9.47 Å². The van der Waals surface area contributed by atoms with Gasteiger partial charge in [0.25, 0.3) is 0 Å². The van der Waals surface area contributed by atoms with E-state index < -0.39 is 0 Å². The van der Waals surface area contributed by atoms with Crippen LogP contribution in [0.4, 0.5) is 0 Å². The van der Waals surface area contributed by atoms with E-state index in [1.54, 1.807) is 7.11 Å².